The summed E-state index contributed by atoms with van der Waals surface area (Å²) >= 11 is 0. The minimum atomic E-state index is -0.529. The third-order valence-electron chi connectivity index (χ3n) is 3.13. The van der Waals surface area contributed by atoms with Crippen LogP contribution in [0.25, 0.3) is 0 Å². The van der Waals surface area contributed by atoms with Crippen molar-refractivity contribution in [1.82, 2.24) is 4.98 Å². The number of hydrogen-bond donors (Lipinski definition) is 2. The number of nitro groups is 1. The highest BCUT2D eigenvalue weighted by molar-refractivity contribution is 5.57. The van der Waals surface area contributed by atoms with Crippen LogP contribution >= 0.6 is 0 Å². The van der Waals surface area contributed by atoms with Crippen molar-refractivity contribution < 1.29 is 4.92 Å². The lowest BCUT2D eigenvalue weighted by Crippen LogP contribution is -2.14. The van der Waals surface area contributed by atoms with E-state index in [0.29, 0.717) is 11.7 Å². The van der Waals surface area contributed by atoms with Crippen molar-refractivity contribution in [2.75, 3.05) is 17.6 Å². The molecule has 0 bridgehead atoms. The highest BCUT2D eigenvalue weighted by Crippen LogP contribution is 2.36. The maximum atomic E-state index is 10.6. The van der Waals surface area contributed by atoms with Crippen LogP contribution in [0.4, 0.5) is 17.3 Å². The summed E-state index contributed by atoms with van der Waals surface area (Å²) in [6.07, 6.45) is 2.61. The molecule has 1 unspecified atom stereocenters. The lowest BCUT2D eigenvalue weighted by Gasteiger charge is -2.11. The minimum absolute atomic E-state index is 0.0425. The zero-order valence-electron chi connectivity index (χ0n) is 9.72. The quantitative estimate of drug-likeness (QED) is 0.602. The fraction of sp³-hybridized carbons (Fsp3) is 0.545. The molecule has 1 atom stereocenters. The van der Waals surface area contributed by atoms with E-state index in [1.54, 1.807) is 6.07 Å². The molecule has 1 aliphatic rings. The average molecular weight is 236 g/mol. The molecule has 1 aromatic heterocycles. The Labute approximate surface area is 99.4 Å². The van der Waals surface area contributed by atoms with Crippen molar-refractivity contribution >= 4 is 17.3 Å². The van der Waals surface area contributed by atoms with Crippen LogP contribution in [0, 0.1) is 22.0 Å². The highest BCUT2D eigenvalue weighted by atomic mass is 16.6. The van der Waals surface area contributed by atoms with Crippen LogP contribution in [0.15, 0.2) is 12.1 Å². The number of nitrogens with one attached hydrogen (secondary N) is 1. The lowest BCUT2D eigenvalue weighted by atomic mass is 10.1. The zero-order valence-corrected chi connectivity index (χ0v) is 9.72. The molecule has 6 heteroatoms. The van der Waals surface area contributed by atoms with Gasteiger partial charge in [-0.1, -0.05) is 6.92 Å². The van der Waals surface area contributed by atoms with E-state index < -0.39 is 4.92 Å². The summed E-state index contributed by atoms with van der Waals surface area (Å²) in [6.45, 7) is 3.02. The summed E-state index contributed by atoms with van der Waals surface area (Å²) in [5, 5.41) is 13.7. The van der Waals surface area contributed by atoms with Crippen LogP contribution in [0.1, 0.15) is 19.8 Å². The van der Waals surface area contributed by atoms with Crippen molar-refractivity contribution in [2.45, 2.75) is 19.8 Å². The third-order valence-corrected chi connectivity index (χ3v) is 3.13. The molecule has 17 heavy (non-hydrogen) atoms. The molecular formula is C11H16N4O2. The van der Waals surface area contributed by atoms with Crippen molar-refractivity contribution in [3.63, 3.8) is 0 Å². The number of rotatable bonds is 5. The van der Waals surface area contributed by atoms with Gasteiger partial charge in [-0.3, -0.25) is 10.1 Å². The Balaban J connectivity index is 1.97. The Morgan fingerprint density at radius 3 is 2.88 bits per heavy atom. The zero-order chi connectivity index (χ0) is 12.4. The summed E-state index contributed by atoms with van der Waals surface area (Å²) < 4.78 is 0. The molecule has 0 aliphatic heterocycles. The molecule has 1 aliphatic carbocycles. The second-order valence-corrected chi connectivity index (χ2v) is 4.55. The van der Waals surface area contributed by atoms with Crippen molar-refractivity contribution in [3.05, 3.63) is 22.2 Å². The van der Waals surface area contributed by atoms with Gasteiger partial charge in [-0.2, -0.15) is 0 Å². The van der Waals surface area contributed by atoms with Crippen LogP contribution in [0.3, 0.4) is 0 Å². The number of anilines is 2. The van der Waals surface area contributed by atoms with E-state index in [1.807, 2.05) is 0 Å². The van der Waals surface area contributed by atoms with Gasteiger partial charge in [-0.15, -0.1) is 0 Å². The lowest BCUT2D eigenvalue weighted by molar-refractivity contribution is -0.384. The van der Waals surface area contributed by atoms with Gasteiger partial charge in [0.15, 0.2) is 0 Å². The fourth-order valence-electron chi connectivity index (χ4n) is 1.82. The monoisotopic (exact) mass is 236 g/mol. The fourth-order valence-corrected chi connectivity index (χ4v) is 1.82. The predicted octanol–water partition coefficient (Wildman–Crippen LogP) is 2.03. The SMILES string of the molecule is CC(CNc1ccc([N+](=O)[O-])c(N)n1)C1CC1. The molecule has 1 heterocycles. The van der Waals surface area contributed by atoms with Gasteiger partial charge in [-0.05, 0) is 30.7 Å². The summed E-state index contributed by atoms with van der Waals surface area (Å²) in [6, 6.07) is 2.97. The second kappa shape index (κ2) is 4.57. The van der Waals surface area contributed by atoms with Crippen LogP contribution < -0.4 is 11.1 Å². The molecule has 6 nitrogen and oxygen atoms in total. The Morgan fingerprint density at radius 1 is 1.65 bits per heavy atom. The smallest absolute Gasteiger partial charge is 0.311 e. The molecule has 0 spiro atoms. The van der Waals surface area contributed by atoms with Gasteiger partial charge in [0.05, 0.1) is 4.92 Å². The topological polar surface area (TPSA) is 94.1 Å². The third kappa shape index (κ3) is 2.83. The number of hydrogen-bond acceptors (Lipinski definition) is 5. The van der Waals surface area contributed by atoms with Crippen LogP contribution in [-0.4, -0.2) is 16.5 Å². The van der Waals surface area contributed by atoms with E-state index in [1.165, 1.54) is 18.9 Å². The Hall–Kier alpha value is -1.85. The largest absolute Gasteiger partial charge is 0.378 e. The second-order valence-electron chi connectivity index (χ2n) is 4.55. The molecule has 0 aromatic carbocycles. The van der Waals surface area contributed by atoms with Gasteiger partial charge < -0.3 is 11.1 Å². The summed E-state index contributed by atoms with van der Waals surface area (Å²) in [4.78, 5) is 14.0. The molecule has 1 aromatic rings. The number of nitrogens with zero attached hydrogens (tertiary/aromatic N) is 2. The highest BCUT2D eigenvalue weighted by Gasteiger charge is 2.27. The molecule has 0 saturated heterocycles. The van der Waals surface area contributed by atoms with Crippen LogP contribution in [-0.2, 0) is 0 Å². The number of nitrogen functional groups attached to an aromatic ring is 1. The molecule has 92 valence electrons. The van der Waals surface area contributed by atoms with Crippen molar-refractivity contribution in [2.24, 2.45) is 11.8 Å². The maximum Gasteiger partial charge on any atom is 0.311 e. The molecule has 2 rings (SSSR count). The minimum Gasteiger partial charge on any atom is -0.378 e. The van der Waals surface area contributed by atoms with E-state index in [9.17, 15) is 10.1 Å². The van der Waals surface area contributed by atoms with Gasteiger partial charge in [0.25, 0.3) is 0 Å². The van der Waals surface area contributed by atoms with Gasteiger partial charge in [-0.25, -0.2) is 4.98 Å². The summed E-state index contributed by atoms with van der Waals surface area (Å²) in [7, 11) is 0. The molecular weight excluding hydrogens is 220 g/mol. The van der Waals surface area contributed by atoms with E-state index >= 15 is 0 Å². The first kappa shape index (κ1) is 11.6. The van der Waals surface area contributed by atoms with E-state index in [0.717, 1.165) is 12.5 Å². The molecule has 0 radical (unpaired) electrons. The molecule has 0 amide bonds. The van der Waals surface area contributed by atoms with Crippen LogP contribution in [0.2, 0.25) is 0 Å². The number of aromatic nitrogens is 1. The van der Waals surface area contributed by atoms with E-state index in [2.05, 4.69) is 17.2 Å². The maximum absolute atomic E-state index is 10.6. The first-order chi connectivity index (χ1) is 8.08. The van der Waals surface area contributed by atoms with E-state index in [4.69, 9.17) is 5.73 Å². The Morgan fingerprint density at radius 2 is 2.35 bits per heavy atom. The van der Waals surface area contributed by atoms with E-state index in [-0.39, 0.29) is 11.5 Å². The van der Waals surface area contributed by atoms with Gasteiger partial charge in [0, 0.05) is 12.6 Å². The Kier molecular flexibility index (Phi) is 3.12. The van der Waals surface area contributed by atoms with Crippen LogP contribution in [0.5, 0.6) is 0 Å². The van der Waals surface area contributed by atoms with Gasteiger partial charge in [0.2, 0.25) is 5.82 Å². The van der Waals surface area contributed by atoms with Gasteiger partial charge >= 0.3 is 5.69 Å². The molecule has 3 N–H and O–H groups in total. The average Bonchev–Trinajstić information content (AvgIpc) is 3.09. The predicted molar refractivity (Wildman–Crippen MR) is 65.7 cm³/mol. The standard InChI is InChI=1S/C11H16N4O2/c1-7(8-2-3-8)6-13-10-5-4-9(15(16)17)11(12)14-10/h4-5,7-8H,2-3,6H2,1H3,(H3,12,13,14). The normalized spacial score (nSPS) is 16.5. The summed E-state index contributed by atoms with van der Waals surface area (Å²) in [5.74, 6) is 1.98. The van der Waals surface area contributed by atoms with Gasteiger partial charge in [0.1, 0.15) is 5.82 Å². The first-order valence-corrected chi connectivity index (χ1v) is 5.72. The van der Waals surface area contributed by atoms with Crippen molar-refractivity contribution in [3.8, 4) is 0 Å². The Bertz CT molecular complexity index is 431. The number of pyridine rings is 1. The first-order valence-electron chi connectivity index (χ1n) is 5.72. The molecule has 1 fully saturated rings. The summed E-state index contributed by atoms with van der Waals surface area (Å²) in [5.41, 5.74) is 5.36. The number of nitrogens with two attached hydrogens (primary N) is 1. The van der Waals surface area contributed by atoms with Crippen molar-refractivity contribution in [1.29, 1.82) is 0 Å². The molecule has 1 saturated carbocycles.